The first-order valence-electron chi connectivity index (χ1n) is 9.82. The second kappa shape index (κ2) is 10.8. The van der Waals surface area contributed by atoms with Crippen LogP contribution in [0, 0.1) is 0 Å². The van der Waals surface area contributed by atoms with Gasteiger partial charge in [0, 0.05) is 0 Å². The summed E-state index contributed by atoms with van der Waals surface area (Å²) in [7, 11) is 0. The second-order valence-electron chi connectivity index (χ2n) is 7.43. The second-order valence-corrected chi connectivity index (χ2v) is 7.43. The SMILES string of the molecule is Oc1ccc(/C=C/CO[C@@H]2O[C@H](CO[C@@H]3OC[C@H](O)[C@H](O)[C@@H]3O)[C@H](O)[C@H](O)[C@H]2O)cc1. The van der Waals surface area contributed by atoms with Gasteiger partial charge >= 0.3 is 0 Å². The Morgan fingerprint density at radius 1 is 0.839 bits per heavy atom. The lowest BCUT2D eigenvalue weighted by molar-refractivity contribution is -0.319. The predicted octanol–water partition coefficient (Wildman–Crippen LogP) is -2.31. The fourth-order valence-electron chi connectivity index (χ4n) is 3.23. The minimum absolute atomic E-state index is 0.0214. The van der Waals surface area contributed by atoms with Gasteiger partial charge in [-0.1, -0.05) is 24.3 Å². The van der Waals surface area contributed by atoms with Crippen LogP contribution in [0.1, 0.15) is 5.56 Å². The van der Waals surface area contributed by atoms with Crippen molar-refractivity contribution in [3.05, 3.63) is 35.9 Å². The highest BCUT2D eigenvalue weighted by Gasteiger charge is 2.45. The molecule has 0 aromatic heterocycles. The first-order valence-corrected chi connectivity index (χ1v) is 9.82. The van der Waals surface area contributed by atoms with Crippen molar-refractivity contribution >= 4 is 6.08 Å². The molecule has 1 aromatic carbocycles. The molecule has 174 valence electrons. The number of benzene rings is 1. The van der Waals surface area contributed by atoms with E-state index < -0.39 is 55.3 Å². The Bertz CT molecular complexity index is 712. The van der Waals surface area contributed by atoms with Gasteiger partial charge in [0.15, 0.2) is 12.6 Å². The van der Waals surface area contributed by atoms with Crippen LogP contribution in [0.3, 0.4) is 0 Å². The van der Waals surface area contributed by atoms with Crippen LogP contribution in [0.2, 0.25) is 0 Å². The summed E-state index contributed by atoms with van der Waals surface area (Å²) in [6.45, 7) is -0.580. The normalized spacial score (nSPS) is 39.1. The van der Waals surface area contributed by atoms with E-state index in [-0.39, 0.29) is 25.6 Å². The van der Waals surface area contributed by atoms with Gasteiger partial charge < -0.3 is 54.7 Å². The minimum atomic E-state index is -1.57. The van der Waals surface area contributed by atoms with E-state index in [1.807, 2.05) is 0 Å². The minimum Gasteiger partial charge on any atom is -0.508 e. The van der Waals surface area contributed by atoms with Crippen LogP contribution in [-0.4, -0.2) is 111 Å². The lowest BCUT2D eigenvalue weighted by Crippen LogP contribution is -2.60. The first kappa shape index (κ1) is 24.0. The quantitative estimate of drug-likeness (QED) is 0.240. The molecule has 11 nitrogen and oxygen atoms in total. The summed E-state index contributed by atoms with van der Waals surface area (Å²) in [6, 6.07) is 6.46. The van der Waals surface area contributed by atoms with Crippen molar-refractivity contribution in [2.45, 2.75) is 55.3 Å². The van der Waals surface area contributed by atoms with Gasteiger partial charge in [0.05, 0.1) is 19.8 Å². The van der Waals surface area contributed by atoms with Crippen LogP contribution in [0.5, 0.6) is 5.75 Å². The van der Waals surface area contributed by atoms with Gasteiger partial charge in [-0.15, -0.1) is 0 Å². The number of hydrogen-bond acceptors (Lipinski definition) is 11. The molecule has 0 saturated carbocycles. The van der Waals surface area contributed by atoms with E-state index in [1.54, 1.807) is 24.3 Å². The van der Waals surface area contributed by atoms with Gasteiger partial charge in [-0.3, -0.25) is 0 Å². The standard InChI is InChI=1S/C20H28O11/c21-11-5-3-10(4-6-11)2-1-7-28-20-18(27)16(25)15(24)13(31-20)9-30-19-17(26)14(23)12(22)8-29-19/h1-6,12-27H,7-9H2/b2-1+/t12-,13+,14-,15-,16-,17-,18+,19-,20+/m0/s1. The molecule has 9 atom stereocenters. The van der Waals surface area contributed by atoms with E-state index in [0.717, 1.165) is 5.56 Å². The molecule has 0 unspecified atom stereocenters. The van der Waals surface area contributed by atoms with E-state index in [1.165, 1.54) is 12.1 Å². The van der Waals surface area contributed by atoms with E-state index in [0.29, 0.717) is 0 Å². The van der Waals surface area contributed by atoms with Crippen LogP contribution in [0.4, 0.5) is 0 Å². The summed E-state index contributed by atoms with van der Waals surface area (Å²) in [6.07, 6.45) is -9.10. The molecule has 3 rings (SSSR count). The van der Waals surface area contributed by atoms with Crippen LogP contribution in [0.25, 0.3) is 6.08 Å². The molecular formula is C20H28O11. The largest absolute Gasteiger partial charge is 0.508 e. The van der Waals surface area contributed by atoms with Crippen LogP contribution < -0.4 is 0 Å². The molecule has 7 N–H and O–H groups in total. The Morgan fingerprint density at radius 2 is 1.52 bits per heavy atom. The summed E-state index contributed by atoms with van der Waals surface area (Å²) >= 11 is 0. The maximum atomic E-state index is 10.2. The number of aliphatic hydroxyl groups is 6. The molecular weight excluding hydrogens is 416 g/mol. The lowest BCUT2D eigenvalue weighted by Gasteiger charge is -2.41. The topological polar surface area (TPSA) is 179 Å². The van der Waals surface area contributed by atoms with Crippen molar-refractivity contribution in [1.82, 2.24) is 0 Å². The highest BCUT2D eigenvalue weighted by molar-refractivity contribution is 5.50. The smallest absolute Gasteiger partial charge is 0.187 e. The maximum absolute atomic E-state index is 10.2. The molecule has 0 spiro atoms. The Morgan fingerprint density at radius 3 is 2.23 bits per heavy atom. The summed E-state index contributed by atoms with van der Waals surface area (Å²) in [4.78, 5) is 0. The average molecular weight is 444 g/mol. The molecule has 0 bridgehead atoms. The molecule has 31 heavy (non-hydrogen) atoms. The summed E-state index contributed by atoms with van der Waals surface area (Å²) in [5.41, 5.74) is 0.812. The summed E-state index contributed by atoms with van der Waals surface area (Å²) < 4.78 is 21.4. The monoisotopic (exact) mass is 444 g/mol. The zero-order valence-electron chi connectivity index (χ0n) is 16.5. The zero-order valence-corrected chi connectivity index (χ0v) is 16.5. The summed E-state index contributed by atoms with van der Waals surface area (Å²) in [5, 5.41) is 68.7. The fourth-order valence-corrected chi connectivity index (χ4v) is 3.23. The molecule has 0 amide bonds. The van der Waals surface area contributed by atoms with Crippen molar-refractivity contribution < 1.29 is 54.7 Å². The van der Waals surface area contributed by atoms with Gasteiger partial charge in [-0.05, 0) is 17.7 Å². The first-order chi connectivity index (χ1) is 14.8. The third kappa shape index (κ3) is 5.99. The molecule has 0 aliphatic carbocycles. The number of rotatable bonds is 7. The maximum Gasteiger partial charge on any atom is 0.187 e. The van der Waals surface area contributed by atoms with Crippen LogP contribution in [-0.2, 0) is 18.9 Å². The lowest BCUT2D eigenvalue weighted by atomic mass is 9.99. The highest BCUT2D eigenvalue weighted by Crippen LogP contribution is 2.24. The summed E-state index contributed by atoms with van der Waals surface area (Å²) in [5.74, 6) is 0.143. The zero-order chi connectivity index (χ0) is 22.5. The van der Waals surface area contributed by atoms with Crippen molar-refractivity contribution in [1.29, 1.82) is 0 Å². The molecule has 2 heterocycles. The van der Waals surface area contributed by atoms with Crippen LogP contribution >= 0.6 is 0 Å². The average Bonchev–Trinajstić information content (AvgIpc) is 2.76. The van der Waals surface area contributed by atoms with Crippen molar-refractivity contribution in [3.8, 4) is 5.75 Å². The van der Waals surface area contributed by atoms with Gasteiger partial charge in [-0.25, -0.2) is 0 Å². The van der Waals surface area contributed by atoms with Crippen molar-refractivity contribution in [2.24, 2.45) is 0 Å². The molecule has 0 radical (unpaired) electrons. The van der Waals surface area contributed by atoms with Crippen molar-refractivity contribution in [3.63, 3.8) is 0 Å². The number of aliphatic hydroxyl groups excluding tert-OH is 6. The molecule has 1 aromatic rings. The Hall–Kier alpha value is -1.64. The van der Waals surface area contributed by atoms with Gasteiger partial charge in [0.1, 0.15) is 48.5 Å². The predicted molar refractivity (Wildman–Crippen MR) is 103 cm³/mol. The van der Waals surface area contributed by atoms with E-state index in [4.69, 9.17) is 18.9 Å². The third-order valence-electron chi connectivity index (χ3n) is 5.11. The van der Waals surface area contributed by atoms with Crippen molar-refractivity contribution in [2.75, 3.05) is 19.8 Å². The van der Waals surface area contributed by atoms with Gasteiger partial charge in [-0.2, -0.15) is 0 Å². The Labute approximate surface area is 178 Å². The number of ether oxygens (including phenoxy) is 4. The van der Waals surface area contributed by atoms with Crippen LogP contribution in [0.15, 0.2) is 30.3 Å². The molecule has 2 saturated heterocycles. The highest BCUT2D eigenvalue weighted by atomic mass is 16.7. The van der Waals surface area contributed by atoms with Gasteiger partial charge in [0.25, 0.3) is 0 Å². The third-order valence-corrected chi connectivity index (χ3v) is 5.11. The fraction of sp³-hybridized carbons (Fsp3) is 0.600. The Balaban J connectivity index is 1.51. The van der Waals surface area contributed by atoms with Gasteiger partial charge in [0.2, 0.25) is 0 Å². The molecule has 2 aliphatic heterocycles. The molecule has 2 aliphatic rings. The molecule has 2 fully saturated rings. The number of phenolic OH excluding ortho intramolecular Hbond substituents is 1. The van der Waals surface area contributed by atoms with E-state index >= 15 is 0 Å². The molecule has 11 heteroatoms. The van der Waals surface area contributed by atoms with E-state index in [2.05, 4.69) is 0 Å². The number of aromatic hydroxyl groups is 1. The number of hydrogen-bond donors (Lipinski definition) is 7. The number of phenols is 1. The Kier molecular flexibility index (Phi) is 8.36. The van der Waals surface area contributed by atoms with E-state index in [9.17, 15) is 35.7 Å².